The molecule has 1 N–H and O–H groups in total. The third-order valence-electron chi connectivity index (χ3n) is 3.64. The summed E-state index contributed by atoms with van der Waals surface area (Å²) >= 11 is 3.52. The number of aryl methyl sites for hydroxylation is 2. The molecule has 1 atom stereocenters. The Balaban J connectivity index is 2.30. The number of rotatable bonds is 4. The lowest BCUT2D eigenvalue weighted by atomic mass is 9.96. The Hall–Kier alpha value is -1.06. The maximum atomic E-state index is 5.74. The van der Waals surface area contributed by atoms with E-state index in [0.717, 1.165) is 22.4 Å². The second kappa shape index (κ2) is 5.93. The van der Waals surface area contributed by atoms with E-state index in [1.807, 2.05) is 20.9 Å². The van der Waals surface area contributed by atoms with E-state index in [-0.39, 0.29) is 6.04 Å². The van der Waals surface area contributed by atoms with Crippen LogP contribution >= 0.6 is 15.9 Å². The minimum Gasteiger partial charge on any atom is -0.466 e. The lowest BCUT2D eigenvalue weighted by molar-refractivity contribution is 0.489. The fraction of sp³-hybridized carbons (Fsp3) is 0.375. The van der Waals surface area contributed by atoms with Crippen molar-refractivity contribution in [1.82, 2.24) is 5.32 Å². The van der Waals surface area contributed by atoms with Crippen LogP contribution in [0.15, 0.2) is 33.2 Å². The van der Waals surface area contributed by atoms with Crippen molar-refractivity contribution in [2.24, 2.45) is 0 Å². The van der Waals surface area contributed by atoms with Crippen molar-refractivity contribution in [2.75, 3.05) is 7.05 Å². The third-order valence-corrected chi connectivity index (χ3v) is 4.14. The molecule has 2 nitrogen and oxygen atoms in total. The van der Waals surface area contributed by atoms with Crippen molar-refractivity contribution in [3.63, 3.8) is 0 Å². The van der Waals surface area contributed by atoms with Gasteiger partial charge in [0.05, 0.1) is 0 Å². The molecule has 0 saturated heterocycles. The minimum atomic E-state index is 0.284. The molecular weight excluding hydrogens is 302 g/mol. The number of hydrogen-bond acceptors (Lipinski definition) is 2. The molecule has 0 radical (unpaired) electrons. The average molecular weight is 322 g/mol. The number of hydrogen-bond donors (Lipinski definition) is 1. The van der Waals surface area contributed by atoms with Gasteiger partial charge in [-0.15, -0.1) is 0 Å². The number of likely N-dealkylation sites (N-methyl/N-ethyl adjacent to an activating group) is 1. The third kappa shape index (κ3) is 3.10. The second-order valence-electron chi connectivity index (χ2n) is 4.93. The van der Waals surface area contributed by atoms with Gasteiger partial charge in [-0.25, -0.2) is 0 Å². The molecule has 2 rings (SSSR count). The van der Waals surface area contributed by atoms with Crippen molar-refractivity contribution < 1.29 is 4.42 Å². The van der Waals surface area contributed by atoms with Gasteiger partial charge in [-0.05, 0) is 57.5 Å². The molecule has 1 unspecified atom stereocenters. The molecule has 1 aromatic carbocycles. The van der Waals surface area contributed by atoms with Crippen LogP contribution in [0.1, 0.15) is 34.3 Å². The summed E-state index contributed by atoms with van der Waals surface area (Å²) in [6.45, 7) is 6.20. The van der Waals surface area contributed by atoms with Gasteiger partial charge in [0.25, 0.3) is 0 Å². The first kappa shape index (κ1) is 14.4. The molecule has 0 aliphatic rings. The molecule has 3 heteroatoms. The van der Waals surface area contributed by atoms with E-state index >= 15 is 0 Å². The SMILES string of the molecule is CNC(Cc1cccc(Br)c1)c1c(C)oc(C)c1C. The first-order valence-corrected chi connectivity index (χ1v) is 7.30. The zero-order valence-corrected chi connectivity index (χ0v) is 13.5. The van der Waals surface area contributed by atoms with Gasteiger partial charge in [0.2, 0.25) is 0 Å². The van der Waals surface area contributed by atoms with E-state index in [9.17, 15) is 0 Å². The summed E-state index contributed by atoms with van der Waals surface area (Å²) < 4.78 is 6.86. The van der Waals surface area contributed by atoms with E-state index in [1.165, 1.54) is 16.7 Å². The second-order valence-corrected chi connectivity index (χ2v) is 5.84. The van der Waals surface area contributed by atoms with Crippen LogP contribution in [0.5, 0.6) is 0 Å². The number of nitrogens with one attached hydrogen (secondary N) is 1. The molecule has 0 saturated carbocycles. The van der Waals surface area contributed by atoms with Gasteiger partial charge < -0.3 is 9.73 Å². The van der Waals surface area contributed by atoms with E-state index in [0.29, 0.717) is 0 Å². The average Bonchev–Trinajstić information content (AvgIpc) is 2.61. The highest BCUT2D eigenvalue weighted by atomic mass is 79.9. The van der Waals surface area contributed by atoms with Crippen LogP contribution in [-0.4, -0.2) is 7.05 Å². The van der Waals surface area contributed by atoms with Crippen molar-refractivity contribution in [3.05, 3.63) is 56.9 Å². The van der Waals surface area contributed by atoms with Crippen LogP contribution in [0.25, 0.3) is 0 Å². The zero-order chi connectivity index (χ0) is 14.0. The van der Waals surface area contributed by atoms with E-state index in [4.69, 9.17) is 4.42 Å². The molecule has 0 spiro atoms. The Bertz CT molecular complexity index is 574. The van der Waals surface area contributed by atoms with Gasteiger partial charge in [-0.3, -0.25) is 0 Å². The van der Waals surface area contributed by atoms with Gasteiger partial charge in [0, 0.05) is 16.1 Å². The van der Waals surface area contributed by atoms with Gasteiger partial charge >= 0.3 is 0 Å². The number of halogens is 1. The van der Waals surface area contributed by atoms with Crippen LogP contribution < -0.4 is 5.32 Å². The van der Waals surface area contributed by atoms with Crippen LogP contribution in [0, 0.1) is 20.8 Å². The van der Waals surface area contributed by atoms with Crippen molar-refractivity contribution in [1.29, 1.82) is 0 Å². The van der Waals surface area contributed by atoms with Gasteiger partial charge in [0.15, 0.2) is 0 Å². The fourth-order valence-corrected chi connectivity index (χ4v) is 3.02. The Labute approximate surface area is 123 Å². The summed E-state index contributed by atoms with van der Waals surface area (Å²) in [5, 5.41) is 3.41. The lowest BCUT2D eigenvalue weighted by Crippen LogP contribution is -2.20. The molecule has 1 aromatic heterocycles. The van der Waals surface area contributed by atoms with Gasteiger partial charge in [0.1, 0.15) is 11.5 Å². The summed E-state index contributed by atoms with van der Waals surface area (Å²) in [6, 6.07) is 8.74. The summed E-state index contributed by atoms with van der Waals surface area (Å²) in [7, 11) is 2.00. The highest BCUT2D eigenvalue weighted by molar-refractivity contribution is 9.10. The summed E-state index contributed by atoms with van der Waals surface area (Å²) in [6.07, 6.45) is 0.955. The Morgan fingerprint density at radius 1 is 1.21 bits per heavy atom. The quantitative estimate of drug-likeness (QED) is 0.898. The maximum Gasteiger partial charge on any atom is 0.106 e. The highest BCUT2D eigenvalue weighted by Gasteiger charge is 2.20. The zero-order valence-electron chi connectivity index (χ0n) is 11.9. The summed E-state index contributed by atoms with van der Waals surface area (Å²) in [5.74, 6) is 2.03. The standard InChI is InChI=1S/C16H20BrNO/c1-10-11(2)19-12(3)16(10)15(18-4)9-13-6-5-7-14(17)8-13/h5-8,15,18H,9H2,1-4H3. The molecule has 0 aliphatic carbocycles. The molecule has 2 aromatic rings. The Kier molecular flexibility index (Phi) is 4.48. The van der Waals surface area contributed by atoms with Crippen molar-refractivity contribution in [2.45, 2.75) is 33.2 Å². The van der Waals surface area contributed by atoms with Gasteiger partial charge in [-0.2, -0.15) is 0 Å². The molecule has 0 fully saturated rings. The molecule has 102 valence electrons. The van der Waals surface area contributed by atoms with Crippen LogP contribution in [-0.2, 0) is 6.42 Å². The van der Waals surface area contributed by atoms with Crippen molar-refractivity contribution >= 4 is 15.9 Å². The molecule has 19 heavy (non-hydrogen) atoms. The number of furan rings is 1. The van der Waals surface area contributed by atoms with Crippen LogP contribution in [0.4, 0.5) is 0 Å². The first-order chi connectivity index (χ1) is 9.02. The van der Waals surface area contributed by atoms with Crippen molar-refractivity contribution in [3.8, 4) is 0 Å². The topological polar surface area (TPSA) is 25.2 Å². The molecule has 1 heterocycles. The predicted molar refractivity (Wildman–Crippen MR) is 82.6 cm³/mol. The molecular formula is C16H20BrNO. The summed E-state index contributed by atoms with van der Waals surface area (Å²) in [4.78, 5) is 0. The predicted octanol–water partition coefficient (Wildman–Crippen LogP) is 4.47. The van der Waals surface area contributed by atoms with E-state index < -0.39 is 0 Å². The van der Waals surface area contributed by atoms with E-state index in [2.05, 4.69) is 52.4 Å². The fourth-order valence-electron chi connectivity index (χ4n) is 2.57. The summed E-state index contributed by atoms with van der Waals surface area (Å²) in [5.41, 5.74) is 3.86. The lowest BCUT2D eigenvalue weighted by Gasteiger charge is -2.17. The smallest absolute Gasteiger partial charge is 0.106 e. The van der Waals surface area contributed by atoms with E-state index in [1.54, 1.807) is 0 Å². The largest absolute Gasteiger partial charge is 0.466 e. The molecule has 0 amide bonds. The van der Waals surface area contributed by atoms with Crippen LogP contribution in [0.3, 0.4) is 0 Å². The Morgan fingerprint density at radius 3 is 2.47 bits per heavy atom. The Morgan fingerprint density at radius 2 is 1.95 bits per heavy atom. The number of benzene rings is 1. The minimum absolute atomic E-state index is 0.284. The monoisotopic (exact) mass is 321 g/mol. The highest BCUT2D eigenvalue weighted by Crippen LogP contribution is 2.29. The maximum absolute atomic E-state index is 5.74. The normalized spacial score (nSPS) is 12.7. The van der Waals surface area contributed by atoms with Crippen LogP contribution in [0.2, 0.25) is 0 Å². The first-order valence-electron chi connectivity index (χ1n) is 6.51. The molecule has 0 aliphatic heterocycles. The molecule has 0 bridgehead atoms. The van der Waals surface area contributed by atoms with Gasteiger partial charge in [-0.1, -0.05) is 28.1 Å².